The fraction of sp³-hybridized carbons (Fsp3) is 0.529. The van der Waals surface area contributed by atoms with E-state index in [0.717, 1.165) is 0 Å². The van der Waals surface area contributed by atoms with Crippen molar-refractivity contribution in [3.05, 3.63) is 29.8 Å². The van der Waals surface area contributed by atoms with Gasteiger partial charge >= 0.3 is 6.18 Å². The van der Waals surface area contributed by atoms with Gasteiger partial charge in [0.2, 0.25) is 5.91 Å². The minimum Gasteiger partial charge on any atom is -0.333 e. The molecule has 2 amide bonds. The molecular weight excluding hydrogens is 321 g/mol. The third kappa shape index (κ3) is 3.55. The molecule has 1 saturated heterocycles. The second-order valence-electron chi connectivity index (χ2n) is 6.48. The van der Waals surface area contributed by atoms with Gasteiger partial charge in [-0.05, 0) is 38.5 Å². The number of carbonyl (C=O) groups excluding carboxylic acids is 2. The number of nitrogens with one attached hydrogen (secondary N) is 1. The maximum absolute atomic E-state index is 13.2. The molecular formula is C17H21F3N2O2. The number of rotatable bonds is 3. The van der Waals surface area contributed by atoms with Crippen molar-refractivity contribution in [1.82, 2.24) is 4.90 Å². The van der Waals surface area contributed by atoms with E-state index in [9.17, 15) is 22.8 Å². The van der Waals surface area contributed by atoms with Crippen LogP contribution in [0.5, 0.6) is 0 Å². The van der Waals surface area contributed by atoms with Gasteiger partial charge in [0.05, 0.1) is 5.92 Å². The quantitative estimate of drug-likeness (QED) is 0.907. The van der Waals surface area contributed by atoms with Gasteiger partial charge in [0.25, 0.3) is 5.91 Å². The van der Waals surface area contributed by atoms with Crippen LogP contribution in [0.2, 0.25) is 0 Å². The second kappa shape index (κ2) is 6.45. The van der Waals surface area contributed by atoms with Gasteiger partial charge in [-0.2, -0.15) is 13.2 Å². The second-order valence-corrected chi connectivity index (χ2v) is 6.48. The number of likely N-dealkylation sites (tertiary alicyclic amines) is 1. The number of carbonyl (C=O) groups is 2. The van der Waals surface area contributed by atoms with E-state index in [-0.39, 0.29) is 24.4 Å². The lowest BCUT2D eigenvalue weighted by molar-refractivity contribution is -0.189. The van der Waals surface area contributed by atoms with Crippen molar-refractivity contribution >= 4 is 17.5 Å². The number of benzene rings is 1. The third-order valence-corrected chi connectivity index (χ3v) is 4.54. The fourth-order valence-corrected chi connectivity index (χ4v) is 3.15. The molecule has 0 saturated carbocycles. The first kappa shape index (κ1) is 18.3. The average Bonchev–Trinajstić information content (AvgIpc) is 2.81. The van der Waals surface area contributed by atoms with Crippen LogP contribution in [-0.4, -0.2) is 35.0 Å². The fourth-order valence-electron chi connectivity index (χ4n) is 3.15. The summed E-state index contributed by atoms with van der Waals surface area (Å²) in [5, 5.41) is 2.64. The average molecular weight is 342 g/mol. The highest BCUT2D eigenvalue weighted by Crippen LogP contribution is 2.45. The van der Waals surface area contributed by atoms with Crippen molar-refractivity contribution in [3.8, 4) is 0 Å². The Balaban J connectivity index is 2.23. The van der Waals surface area contributed by atoms with E-state index in [1.807, 2.05) is 0 Å². The molecule has 1 aromatic carbocycles. The molecule has 0 radical (unpaired) electrons. The summed E-state index contributed by atoms with van der Waals surface area (Å²) in [6, 6.07) is 6.27. The molecule has 0 bridgehead atoms. The molecule has 24 heavy (non-hydrogen) atoms. The van der Waals surface area contributed by atoms with Crippen molar-refractivity contribution in [1.29, 1.82) is 0 Å². The van der Waals surface area contributed by atoms with Crippen LogP contribution >= 0.6 is 0 Å². The smallest absolute Gasteiger partial charge is 0.333 e. The van der Waals surface area contributed by atoms with Gasteiger partial charge in [-0.3, -0.25) is 9.59 Å². The van der Waals surface area contributed by atoms with Crippen LogP contribution in [-0.2, 0) is 4.79 Å². The number of anilines is 1. The standard InChI is InChI=1S/C17H21F3N2O2/c1-4-14(23)21-12-7-5-6-11(10-12)15(24)22-9-8-13(16(22,2)3)17(18,19)20/h5-7,10,13H,4,8-9H2,1-3H3,(H,21,23)/t13-/m1/s1. The molecule has 1 fully saturated rings. The van der Waals surface area contributed by atoms with E-state index in [2.05, 4.69) is 5.32 Å². The summed E-state index contributed by atoms with van der Waals surface area (Å²) < 4.78 is 39.5. The van der Waals surface area contributed by atoms with Crippen LogP contribution in [0, 0.1) is 5.92 Å². The zero-order valence-corrected chi connectivity index (χ0v) is 13.9. The largest absolute Gasteiger partial charge is 0.394 e. The molecule has 1 heterocycles. The molecule has 1 aromatic rings. The highest BCUT2D eigenvalue weighted by Gasteiger charge is 2.56. The molecule has 1 aliphatic rings. The molecule has 0 unspecified atom stereocenters. The lowest BCUT2D eigenvalue weighted by Crippen LogP contribution is -2.49. The molecule has 132 valence electrons. The summed E-state index contributed by atoms with van der Waals surface area (Å²) in [6.45, 7) is 4.65. The summed E-state index contributed by atoms with van der Waals surface area (Å²) in [5.41, 5.74) is -0.588. The van der Waals surface area contributed by atoms with Gasteiger partial charge in [0.1, 0.15) is 0 Å². The molecule has 1 atom stereocenters. The lowest BCUT2D eigenvalue weighted by Gasteiger charge is -2.36. The maximum Gasteiger partial charge on any atom is 0.394 e. The molecule has 0 spiro atoms. The van der Waals surface area contributed by atoms with E-state index >= 15 is 0 Å². The number of nitrogens with zero attached hydrogens (tertiary/aromatic N) is 1. The topological polar surface area (TPSA) is 49.4 Å². The Kier molecular flexibility index (Phi) is 4.92. The van der Waals surface area contributed by atoms with Crippen LogP contribution in [0.25, 0.3) is 0 Å². The van der Waals surface area contributed by atoms with Crippen LogP contribution in [0.4, 0.5) is 18.9 Å². The summed E-state index contributed by atoms with van der Waals surface area (Å²) in [5.74, 6) is -2.20. The maximum atomic E-state index is 13.2. The molecule has 4 nitrogen and oxygen atoms in total. The highest BCUT2D eigenvalue weighted by molar-refractivity contribution is 5.97. The normalized spacial score (nSPS) is 20.1. The molecule has 1 N–H and O–H groups in total. The van der Waals surface area contributed by atoms with Crippen molar-refractivity contribution in [2.45, 2.75) is 45.3 Å². The number of hydrogen-bond donors (Lipinski definition) is 1. The third-order valence-electron chi connectivity index (χ3n) is 4.54. The number of amides is 2. The predicted molar refractivity (Wildman–Crippen MR) is 84.6 cm³/mol. The first-order valence-corrected chi connectivity index (χ1v) is 7.86. The number of halogens is 3. The van der Waals surface area contributed by atoms with Crippen LogP contribution in [0.3, 0.4) is 0 Å². The van der Waals surface area contributed by atoms with Crippen molar-refractivity contribution in [3.63, 3.8) is 0 Å². The zero-order valence-electron chi connectivity index (χ0n) is 13.9. The molecule has 0 aromatic heterocycles. The highest BCUT2D eigenvalue weighted by atomic mass is 19.4. The number of alkyl halides is 3. The van der Waals surface area contributed by atoms with Gasteiger partial charge in [0.15, 0.2) is 0 Å². The van der Waals surface area contributed by atoms with Crippen LogP contribution < -0.4 is 5.32 Å². The molecule has 2 rings (SSSR count). The molecule has 0 aliphatic carbocycles. The Morgan fingerprint density at radius 3 is 2.54 bits per heavy atom. The van der Waals surface area contributed by atoms with Gasteiger partial charge in [0, 0.05) is 29.8 Å². The Labute approximate surface area is 139 Å². The minimum atomic E-state index is -4.34. The first-order valence-electron chi connectivity index (χ1n) is 7.86. The lowest BCUT2D eigenvalue weighted by atomic mass is 9.87. The van der Waals surface area contributed by atoms with Crippen molar-refractivity contribution in [2.75, 3.05) is 11.9 Å². The van der Waals surface area contributed by atoms with Gasteiger partial charge in [-0.25, -0.2) is 0 Å². The van der Waals surface area contributed by atoms with Crippen LogP contribution in [0.1, 0.15) is 44.0 Å². The van der Waals surface area contributed by atoms with Gasteiger partial charge in [-0.15, -0.1) is 0 Å². The van der Waals surface area contributed by atoms with Crippen molar-refractivity contribution in [2.24, 2.45) is 5.92 Å². The monoisotopic (exact) mass is 342 g/mol. The van der Waals surface area contributed by atoms with E-state index < -0.39 is 23.5 Å². The Morgan fingerprint density at radius 2 is 2.00 bits per heavy atom. The SMILES string of the molecule is CCC(=O)Nc1cccc(C(=O)N2CC[C@@H](C(F)(F)F)C2(C)C)c1. The van der Waals surface area contributed by atoms with Gasteiger partial charge in [-0.1, -0.05) is 13.0 Å². The summed E-state index contributed by atoms with van der Waals surface area (Å²) >= 11 is 0. The number of hydrogen-bond acceptors (Lipinski definition) is 2. The Hall–Kier alpha value is -2.05. The van der Waals surface area contributed by atoms with E-state index in [0.29, 0.717) is 12.1 Å². The Morgan fingerprint density at radius 1 is 1.33 bits per heavy atom. The van der Waals surface area contributed by atoms with Crippen molar-refractivity contribution < 1.29 is 22.8 Å². The minimum absolute atomic E-state index is 0.0571. The van der Waals surface area contributed by atoms with Gasteiger partial charge < -0.3 is 10.2 Å². The zero-order chi connectivity index (χ0) is 18.1. The van der Waals surface area contributed by atoms with E-state index in [1.165, 1.54) is 24.8 Å². The summed E-state index contributed by atoms with van der Waals surface area (Å²) in [4.78, 5) is 25.4. The summed E-state index contributed by atoms with van der Waals surface area (Å²) in [6.07, 6.45) is -4.14. The van der Waals surface area contributed by atoms with E-state index in [1.54, 1.807) is 25.1 Å². The first-order chi connectivity index (χ1) is 11.1. The van der Waals surface area contributed by atoms with E-state index in [4.69, 9.17) is 0 Å². The summed E-state index contributed by atoms with van der Waals surface area (Å²) in [7, 11) is 0. The van der Waals surface area contributed by atoms with Crippen LogP contribution in [0.15, 0.2) is 24.3 Å². The Bertz CT molecular complexity index is 641. The molecule has 1 aliphatic heterocycles. The molecule has 7 heteroatoms. The predicted octanol–water partition coefficient (Wildman–Crippen LogP) is 3.84.